The first-order chi connectivity index (χ1) is 32.7. The van der Waals surface area contributed by atoms with Crippen LogP contribution in [0.4, 0.5) is 0 Å². The Morgan fingerprint density at radius 1 is 0.318 bits per heavy atom. The Balaban J connectivity index is 1.10. The second-order valence-corrected chi connectivity index (χ2v) is 18.2. The molecule has 0 aliphatic carbocycles. The second-order valence-electron chi connectivity index (χ2n) is 17.1. The number of nitrogens with zero attached hydrogens (tertiary/aromatic N) is 4. The molecule has 14 rings (SSSR count). The van der Waals surface area contributed by atoms with Crippen LogP contribution in [0.25, 0.3) is 136 Å². The molecule has 0 atom stereocenters. The molecule has 3 heterocycles. The van der Waals surface area contributed by atoms with Gasteiger partial charge in [0.2, 0.25) is 0 Å². The molecular weight excluding hydrogens is 821 g/mol. The van der Waals surface area contributed by atoms with Gasteiger partial charge in [-0.2, -0.15) is 0 Å². The van der Waals surface area contributed by atoms with Gasteiger partial charge < -0.3 is 4.57 Å². The highest BCUT2D eigenvalue weighted by atomic mass is 32.1. The average Bonchev–Trinajstić information content (AvgIpc) is 3.91. The second kappa shape index (κ2) is 14.5. The predicted octanol–water partition coefficient (Wildman–Crippen LogP) is 16.6. The SMILES string of the molecule is c1ccc(-c2nc(-c3ccc(-n4c5ccccc5c5cc6ccccc6cc54)cc3-c3cccc4sc5cc6ccccc6cc5c34)nc(-c3c4ccccc4cc4ccccc34)n2)cc1. The molecule has 5 heteroatoms. The molecule has 0 radical (unpaired) electrons. The van der Waals surface area contributed by atoms with Crippen molar-refractivity contribution in [3.05, 3.63) is 218 Å². The summed E-state index contributed by atoms with van der Waals surface area (Å²) < 4.78 is 4.93. The first kappa shape index (κ1) is 36.9. The molecule has 306 valence electrons. The summed E-state index contributed by atoms with van der Waals surface area (Å²) in [5, 5.41) is 14.3. The van der Waals surface area contributed by atoms with Crippen molar-refractivity contribution >= 4 is 96.4 Å². The molecule has 4 nitrogen and oxygen atoms in total. The summed E-state index contributed by atoms with van der Waals surface area (Å²) in [5.41, 5.74) is 8.43. The van der Waals surface area contributed by atoms with Crippen molar-refractivity contribution in [2.45, 2.75) is 0 Å². The molecule has 0 saturated heterocycles. The van der Waals surface area contributed by atoms with E-state index in [0.717, 1.165) is 66.1 Å². The Labute approximate surface area is 383 Å². The van der Waals surface area contributed by atoms with Gasteiger partial charge in [-0.25, -0.2) is 15.0 Å². The van der Waals surface area contributed by atoms with Crippen LogP contribution >= 0.6 is 11.3 Å². The quantitative estimate of drug-likeness (QED) is 0.162. The normalized spacial score (nSPS) is 11.9. The molecule has 0 N–H and O–H groups in total. The van der Waals surface area contributed by atoms with Gasteiger partial charge in [0.15, 0.2) is 17.5 Å². The van der Waals surface area contributed by atoms with E-state index in [4.69, 9.17) is 15.0 Å². The van der Waals surface area contributed by atoms with Gasteiger partial charge in [0, 0.05) is 53.3 Å². The minimum atomic E-state index is 0.618. The molecule has 0 aliphatic heterocycles. The number of aromatic nitrogens is 4. The third-order valence-electron chi connectivity index (χ3n) is 13.4. The van der Waals surface area contributed by atoms with E-state index < -0.39 is 0 Å². The molecular formula is C61H36N4S. The third-order valence-corrected chi connectivity index (χ3v) is 14.5. The maximum Gasteiger partial charge on any atom is 0.165 e. The van der Waals surface area contributed by atoms with Gasteiger partial charge in [-0.1, -0.05) is 158 Å². The molecule has 0 fully saturated rings. The first-order valence-corrected chi connectivity index (χ1v) is 23.2. The highest BCUT2D eigenvalue weighted by Crippen LogP contribution is 2.46. The third kappa shape index (κ3) is 5.74. The molecule has 0 aliphatic rings. The topological polar surface area (TPSA) is 43.6 Å². The van der Waals surface area contributed by atoms with Crippen LogP contribution in [-0.4, -0.2) is 19.5 Å². The minimum Gasteiger partial charge on any atom is -0.309 e. The zero-order chi connectivity index (χ0) is 43.3. The lowest BCUT2D eigenvalue weighted by atomic mass is 9.93. The van der Waals surface area contributed by atoms with E-state index in [1.807, 2.05) is 29.5 Å². The number of hydrogen-bond acceptors (Lipinski definition) is 4. The fourth-order valence-corrected chi connectivity index (χ4v) is 11.5. The van der Waals surface area contributed by atoms with Gasteiger partial charge in [0.25, 0.3) is 0 Å². The van der Waals surface area contributed by atoms with Gasteiger partial charge in [-0.3, -0.25) is 0 Å². The van der Waals surface area contributed by atoms with Gasteiger partial charge in [-0.15, -0.1) is 11.3 Å². The summed E-state index contributed by atoms with van der Waals surface area (Å²) in [6.07, 6.45) is 0. The average molecular weight is 857 g/mol. The summed E-state index contributed by atoms with van der Waals surface area (Å²) in [5.74, 6) is 1.89. The summed E-state index contributed by atoms with van der Waals surface area (Å²) in [7, 11) is 0. The first-order valence-electron chi connectivity index (χ1n) is 22.3. The van der Waals surface area contributed by atoms with Gasteiger partial charge in [-0.05, 0) is 115 Å². The van der Waals surface area contributed by atoms with Crippen molar-refractivity contribution in [1.29, 1.82) is 0 Å². The fourth-order valence-electron chi connectivity index (χ4n) is 10.3. The van der Waals surface area contributed by atoms with Crippen LogP contribution < -0.4 is 0 Å². The lowest BCUT2D eigenvalue weighted by Crippen LogP contribution is -2.03. The molecule has 3 aromatic heterocycles. The van der Waals surface area contributed by atoms with Crippen molar-refractivity contribution in [2.75, 3.05) is 0 Å². The number of hydrogen-bond donors (Lipinski definition) is 0. The Bertz CT molecular complexity index is 4240. The molecule has 0 unspecified atom stereocenters. The van der Waals surface area contributed by atoms with Crippen molar-refractivity contribution in [3.8, 4) is 51.0 Å². The smallest absolute Gasteiger partial charge is 0.165 e. The monoisotopic (exact) mass is 856 g/mol. The van der Waals surface area contributed by atoms with Crippen molar-refractivity contribution in [1.82, 2.24) is 19.5 Å². The number of benzene rings is 11. The molecule has 0 amide bonds. The van der Waals surface area contributed by atoms with E-state index >= 15 is 0 Å². The number of fused-ring (bicyclic) bond motifs is 10. The summed E-state index contributed by atoms with van der Waals surface area (Å²) in [6.45, 7) is 0. The molecule has 0 spiro atoms. The van der Waals surface area contributed by atoms with Crippen LogP contribution in [0.5, 0.6) is 0 Å². The van der Waals surface area contributed by atoms with Crippen molar-refractivity contribution in [3.63, 3.8) is 0 Å². The fraction of sp³-hybridized carbons (Fsp3) is 0. The van der Waals surface area contributed by atoms with Crippen LogP contribution in [0, 0.1) is 0 Å². The molecule has 14 aromatic rings. The molecule has 0 saturated carbocycles. The lowest BCUT2D eigenvalue weighted by molar-refractivity contribution is 1.08. The number of thiophene rings is 1. The zero-order valence-corrected chi connectivity index (χ0v) is 36.3. The summed E-state index contributed by atoms with van der Waals surface area (Å²) in [6, 6.07) is 78.8. The Morgan fingerprint density at radius 3 is 1.65 bits per heavy atom. The van der Waals surface area contributed by atoms with E-state index in [1.54, 1.807) is 0 Å². The Kier molecular flexibility index (Phi) is 8.12. The van der Waals surface area contributed by atoms with Crippen LogP contribution in [0.1, 0.15) is 0 Å². The Hall–Kier alpha value is -8.51. The maximum absolute atomic E-state index is 5.56. The van der Waals surface area contributed by atoms with Gasteiger partial charge in [0.05, 0.1) is 11.0 Å². The number of para-hydroxylation sites is 1. The largest absolute Gasteiger partial charge is 0.309 e. The summed E-state index contributed by atoms with van der Waals surface area (Å²) in [4.78, 5) is 16.3. The molecule has 11 aromatic carbocycles. The Morgan fingerprint density at radius 2 is 0.909 bits per heavy atom. The zero-order valence-electron chi connectivity index (χ0n) is 35.5. The predicted molar refractivity (Wildman–Crippen MR) is 279 cm³/mol. The van der Waals surface area contributed by atoms with E-state index in [0.29, 0.717) is 17.5 Å². The van der Waals surface area contributed by atoms with Crippen LogP contribution in [0.15, 0.2) is 218 Å². The highest BCUT2D eigenvalue weighted by molar-refractivity contribution is 7.26. The van der Waals surface area contributed by atoms with Crippen molar-refractivity contribution in [2.24, 2.45) is 0 Å². The van der Waals surface area contributed by atoms with Crippen LogP contribution in [0.3, 0.4) is 0 Å². The molecule has 0 bridgehead atoms. The van der Waals surface area contributed by atoms with Gasteiger partial charge in [0.1, 0.15) is 0 Å². The van der Waals surface area contributed by atoms with E-state index in [-0.39, 0.29) is 0 Å². The van der Waals surface area contributed by atoms with E-state index in [9.17, 15) is 0 Å². The van der Waals surface area contributed by atoms with Crippen LogP contribution in [-0.2, 0) is 0 Å². The van der Waals surface area contributed by atoms with Gasteiger partial charge >= 0.3 is 0 Å². The summed E-state index contributed by atoms with van der Waals surface area (Å²) >= 11 is 1.85. The van der Waals surface area contributed by atoms with E-state index in [1.165, 1.54) is 52.5 Å². The highest BCUT2D eigenvalue weighted by Gasteiger charge is 2.23. The lowest BCUT2D eigenvalue weighted by Gasteiger charge is -2.17. The number of rotatable bonds is 5. The van der Waals surface area contributed by atoms with Crippen LogP contribution in [0.2, 0.25) is 0 Å². The minimum absolute atomic E-state index is 0.618. The maximum atomic E-state index is 5.56. The van der Waals surface area contributed by atoms with Crippen molar-refractivity contribution < 1.29 is 0 Å². The standard InChI is InChI=1S/C61H36N4S/c1-2-15-37(16-3-1)59-62-60(64-61(63-59)58-45-23-10-8-21-42(45)31-43-22-9-11-24-46(43)58)49-30-29-44(65-53-27-13-12-25-47(53)51-32-38-17-4-6-19-40(38)34-54(51)65)36-50(49)48-26-14-28-55-57(48)52-33-39-18-5-7-20-41(39)35-56(52)66-55/h1-36H. The van der Waals surface area contributed by atoms with E-state index in [2.05, 4.69) is 205 Å². The molecule has 66 heavy (non-hydrogen) atoms.